The molecule has 0 spiro atoms. The molecule has 0 aliphatic rings. The molecular formula is C14H28N2O4S. The van der Waals surface area contributed by atoms with E-state index in [0.29, 0.717) is 19.4 Å². The molecule has 0 aromatic rings. The largest absolute Gasteiger partial charge is 0.481 e. The molecule has 2 amide bonds. The molecule has 4 atom stereocenters. The van der Waals surface area contributed by atoms with Crippen molar-refractivity contribution in [1.82, 2.24) is 10.6 Å². The fourth-order valence-corrected chi connectivity index (χ4v) is 2.21. The van der Waals surface area contributed by atoms with Gasteiger partial charge in [0.1, 0.15) is 0 Å². The fourth-order valence-electron chi connectivity index (χ4n) is 1.76. The molecule has 3 N–H and O–H groups in total. The van der Waals surface area contributed by atoms with Crippen molar-refractivity contribution in [3.05, 3.63) is 0 Å². The molecule has 0 bridgehead atoms. The predicted molar refractivity (Wildman–Crippen MR) is 84.8 cm³/mol. The first kappa shape index (κ1) is 19.9. The number of nitrogens with one attached hydrogen (secondary N) is 2. The van der Waals surface area contributed by atoms with Gasteiger partial charge >= 0.3 is 12.0 Å². The molecule has 7 heteroatoms. The summed E-state index contributed by atoms with van der Waals surface area (Å²) in [6.07, 6.45) is 4.47. The summed E-state index contributed by atoms with van der Waals surface area (Å²) in [7, 11) is -0.868. The third-order valence-electron chi connectivity index (χ3n) is 3.48. The lowest BCUT2D eigenvalue weighted by molar-refractivity contribution is -0.141. The first-order valence-electron chi connectivity index (χ1n) is 7.33. The number of hydrogen-bond donors (Lipinski definition) is 3. The van der Waals surface area contributed by atoms with Crippen LogP contribution >= 0.6 is 0 Å². The van der Waals surface area contributed by atoms with E-state index < -0.39 is 16.8 Å². The van der Waals surface area contributed by atoms with E-state index in [1.165, 1.54) is 0 Å². The van der Waals surface area contributed by atoms with Crippen LogP contribution in [0.2, 0.25) is 0 Å². The van der Waals surface area contributed by atoms with E-state index in [4.69, 9.17) is 5.11 Å². The average Bonchev–Trinajstić information content (AvgIpc) is 2.37. The third kappa shape index (κ3) is 10.3. The Labute approximate surface area is 129 Å². The topological polar surface area (TPSA) is 95.5 Å². The van der Waals surface area contributed by atoms with Gasteiger partial charge in [-0.25, -0.2) is 4.79 Å². The zero-order valence-electron chi connectivity index (χ0n) is 13.3. The van der Waals surface area contributed by atoms with Crippen molar-refractivity contribution in [2.24, 2.45) is 5.92 Å². The van der Waals surface area contributed by atoms with Gasteiger partial charge in [-0.2, -0.15) is 0 Å². The Morgan fingerprint density at radius 2 is 1.76 bits per heavy atom. The van der Waals surface area contributed by atoms with Gasteiger partial charge in [0.2, 0.25) is 0 Å². The molecule has 0 saturated carbocycles. The molecule has 0 rings (SSSR count). The van der Waals surface area contributed by atoms with Crippen molar-refractivity contribution in [2.45, 2.75) is 57.7 Å². The number of hydrogen-bond acceptors (Lipinski definition) is 3. The molecule has 0 fully saturated rings. The molecule has 4 unspecified atom stereocenters. The molecule has 0 heterocycles. The van der Waals surface area contributed by atoms with Crippen LogP contribution in [0.15, 0.2) is 0 Å². The van der Waals surface area contributed by atoms with Gasteiger partial charge in [-0.05, 0) is 26.2 Å². The summed E-state index contributed by atoms with van der Waals surface area (Å²) in [6.45, 7) is 5.97. The number of urea groups is 1. The van der Waals surface area contributed by atoms with Crippen molar-refractivity contribution in [2.75, 3.05) is 12.8 Å². The van der Waals surface area contributed by atoms with Gasteiger partial charge in [-0.1, -0.05) is 20.3 Å². The number of carbonyl (C=O) groups excluding carboxylic acids is 1. The molecule has 124 valence electrons. The molecule has 0 saturated heterocycles. The second-order valence-corrected chi connectivity index (χ2v) is 7.37. The SMILES string of the molecule is CC(CCCC(C)C(=O)O)NC(=O)NCCC(C)S(C)=O. The van der Waals surface area contributed by atoms with E-state index in [1.54, 1.807) is 13.2 Å². The Morgan fingerprint density at radius 1 is 1.14 bits per heavy atom. The van der Waals surface area contributed by atoms with Gasteiger partial charge in [0.05, 0.1) is 5.92 Å². The smallest absolute Gasteiger partial charge is 0.314 e. The Hall–Kier alpha value is -1.11. The lowest BCUT2D eigenvalue weighted by Gasteiger charge is -2.16. The van der Waals surface area contributed by atoms with Crippen LogP contribution in [-0.2, 0) is 15.6 Å². The summed E-state index contributed by atoms with van der Waals surface area (Å²) in [6, 6.07) is -0.230. The Bertz CT molecular complexity index is 363. The van der Waals surface area contributed by atoms with Crippen LogP contribution in [-0.4, -0.2) is 45.4 Å². The van der Waals surface area contributed by atoms with Crippen LogP contribution in [0.5, 0.6) is 0 Å². The summed E-state index contributed by atoms with van der Waals surface area (Å²) in [4.78, 5) is 22.3. The molecule has 21 heavy (non-hydrogen) atoms. The van der Waals surface area contributed by atoms with E-state index in [0.717, 1.165) is 12.8 Å². The minimum absolute atomic E-state index is 0.00345. The normalized spacial score (nSPS) is 16.6. The molecule has 0 aromatic heterocycles. The monoisotopic (exact) mass is 320 g/mol. The van der Waals surface area contributed by atoms with Gasteiger partial charge in [-0.3, -0.25) is 9.00 Å². The molecule has 0 aliphatic heterocycles. The second kappa shape index (κ2) is 10.6. The van der Waals surface area contributed by atoms with Crippen LogP contribution in [0.25, 0.3) is 0 Å². The van der Waals surface area contributed by atoms with Gasteiger partial charge in [0.25, 0.3) is 0 Å². The number of carboxylic acid groups (broad SMARTS) is 1. The standard InChI is InChI=1S/C14H28N2O4S/c1-10(13(17)18)6-5-7-11(2)16-14(19)15-9-8-12(3)21(4)20/h10-12H,5-9H2,1-4H3,(H,17,18)(H2,15,16,19). The van der Waals surface area contributed by atoms with E-state index in [9.17, 15) is 13.8 Å². The maximum atomic E-state index is 11.6. The van der Waals surface area contributed by atoms with Crippen LogP contribution < -0.4 is 10.6 Å². The minimum Gasteiger partial charge on any atom is -0.481 e. The van der Waals surface area contributed by atoms with Crippen molar-refractivity contribution in [1.29, 1.82) is 0 Å². The highest BCUT2D eigenvalue weighted by Gasteiger charge is 2.12. The summed E-state index contributed by atoms with van der Waals surface area (Å²) >= 11 is 0. The average molecular weight is 320 g/mol. The van der Waals surface area contributed by atoms with Crippen LogP contribution in [0.3, 0.4) is 0 Å². The first-order chi connectivity index (χ1) is 9.73. The van der Waals surface area contributed by atoms with E-state index in [1.807, 2.05) is 13.8 Å². The molecule has 0 aliphatic carbocycles. The van der Waals surface area contributed by atoms with Crippen molar-refractivity contribution < 1.29 is 18.9 Å². The Kier molecular flexibility index (Phi) is 10.0. The zero-order valence-corrected chi connectivity index (χ0v) is 14.2. The number of amides is 2. The molecule has 0 aromatic carbocycles. The zero-order chi connectivity index (χ0) is 16.4. The second-order valence-electron chi connectivity index (χ2n) is 5.57. The van der Waals surface area contributed by atoms with Crippen LogP contribution in [0, 0.1) is 5.92 Å². The third-order valence-corrected chi connectivity index (χ3v) is 4.85. The Morgan fingerprint density at radius 3 is 2.29 bits per heavy atom. The number of aliphatic carboxylic acids is 1. The van der Waals surface area contributed by atoms with Crippen molar-refractivity contribution in [3.63, 3.8) is 0 Å². The van der Waals surface area contributed by atoms with E-state index >= 15 is 0 Å². The first-order valence-corrected chi connectivity index (χ1v) is 8.95. The lowest BCUT2D eigenvalue weighted by Crippen LogP contribution is -2.41. The Balaban J connectivity index is 3.75. The maximum Gasteiger partial charge on any atom is 0.314 e. The van der Waals surface area contributed by atoms with Gasteiger partial charge in [0.15, 0.2) is 0 Å². The predicted octanol–water partition coefficient (Wildman–Crippen LogP) is 1.72. The van der Waals surface area contributed by atoms with Gasteiger partial charge < -0.3 is 15.7 Å². The van der Waals surface area contributed by atoms with E-state index in [2.05, 4.69) is 10.6 Å². The van der Waals surface area contributed by atoms with Crippen molar-refractivity contribution in [3.8, 4) is 0 Å². The highest BCUT2D eigenvalue weighted by molar-refractivity contribution is 7.84. The van der Waals surface area contributed by atoms with Gasteiger partial charge in [0, 0.05) is 34.9 Å². The van der Waals surface area contributed by atoms with Gasteiger partial charge in [-0.15, -0.1) is 0 Å². The highest BCUT2D eigenvalue weighted by atomic mass is 32.2. The van der Waals surface area contributed by atoms with Crippen molar-refractivity contribution >= 4 is 22.8 Å². The fraction of sp³-hybridized carbons (Fsp3) is 0.857. The quantitative estimate of drug-likeness (QED) is 0.571. The number of carboxylic acids is 1. The summed E-state index contributed by atoms with van der Waals surface area (Å²) < 4.78 is 11.2. The molecule has 0 radical (unpaired) electrons. The number of rotatable bonds is 10. The molecule has 6 nitrogen and oxygen atoms in total. The maximum absolute atomic E-state index is 11.6. The summed E-state index contributed by atoms with van der Waals surface area (Å²) in [5, 5.41) is 14.4. The number of carbonyl (C=O) groups is 2. The lowest BCUT2D eigenvalue weighted by atomic mass is 10.0. The minimum atomic E-state index is -0.868. The highest BCUT2D eigenvalue weighted by Crippen LogP contribution is 2.09. The van der Waals surface area contributed by atoms with E-state index in [-0.39, 0.29) is 23.2 Å². The summed E-state index contributed by atoms with van der Waals surface area (Å²) in [5.41, 5.74) is 0. The van der Waals surface area contributed by atoms with Crippen LogP contribution in [0.1, 0.15) is 46.5 Å². The van der Waals surface area contributed by atoms with Crippen LogP contribution in [0.4, 0.5) is 4.79 Å². The molecular weight excluding hydrogens is 292 g/mol. The summed E-state index contributed by atoms with van der Waals surface area (Å²) in [5.74, 6) is -1.13.